The monoisotopic (exact) mass is 415 g/mol. The first-order valence-electron chi connectivity index (χ1n) is 3.94. The normalized spacial score (nSPS) is 12.5. The van der Waals surface area contributed by atoms with Gasteiger partial charge >= 0.3 is 6.18 Å². The fourth-order valence-electron chi connectivity index (χ4n) is 1.07. The van der Waals surface area contributed by atoms with Gasteiger partial charge in [0.05, 0.1) is 10.5 Å². The zero-order valence-electron chi connectivity index (χ0n) is 8.03. The van der Waals surface area contributed by atoms with Crippen molar-refractivity contribution in [1.82, 2.24) is 0 Å². The van der Waals surface area contributed by atoms with Gasteiger partial charge in [-0.25, -0.2) is 8.42 Å². The van der Waals surface area contributed by atoms with Crippen molar-refractivity contribution in [1.29, 1.82) is 0 Å². The molecule has 0 aliphatic rings. The van der Waals surface area contributed by atoms with E-state index in [9.17, 15) is 31.7 Å². The predicted molar refractivity (Wildman–Crippen MR) is 63.9 cm³/mol. The van der Waals surface area contributed by atoms with Gasteiger partial charge in [-0.2, -0.15) is 13.2 Å². The number of hydrogen-bond donors (Lipinski definition) is 0. The molecular formula is C7H2ClF3INO4S. The van der Waals surface area contributed by atoms with E-state index in [1.807, 2.05) is 0 Å². The van der Waals surface area contributed by atoms with E-state index in [0.29, 0.717) is 6.07 Å². The van der Waals surface area contributed by atoms with Crippen LogP contribution in [0.5, 0.6) is 0 Å². The molecule has 1 aromatic rings. The second kappa shape index (κ2) is 4.81. The summed E-state index contributed by atoms with van der Waals surface area (Å²) < 4.78 is 59.2. The third-order valence-corrected chi connectivity index (χ3v) is 4.68. The first-order chi connectivity index (χ1) is 7.94. The smallest absolute Gasteiger partial charge is 0.258 e. The second-order valence-electron chi connectivity index (χ2n) is 3.00. The molecule has 0 saturated carbocycles. The maximum atomic E-state index is 12.6. The lowest BCUT2D eigenvalue weighted by molar-refractivity contribution is -0.385. The molecule has 1 rings (SSSR count). The largest absolute Gasteiger partial charge is 0.417 e. The first kappa shape index (κ1) is 15.4. The van der Waals surface area contributed by atoms with Crippen molar-refractivity contribution in [2.45, 2.75) is 11.1 Å². The molecule has 1 aromatic carbocycles. The molecule has 11 heteroatoms. The van der Waals surface area contributed by atoms with E-state index >= 15 is 0 Å². The minimum absolute atomic E-state index is 0.257. The van der Waals surface area contributed by atoms with Crippen LogP contribution in [-0.2, 0) is 15.2 Å². The third kappa shape index (κ3) is 3.23. The van der Waals surface area contributed by atoms with Gasteiger partial charge in [-0.3, -0.25) is 10.1 Å². The summed E-state index contributed by atoms with van der Waals surface area (Å²) in [7, 11) is 0.428. The van der Waals surface area contributed by atoms with Gasteiger partial charge in [0.1, 0.15) is 4.90 Å². The van der Waals surface area contributed by atoms with Gasteiger partial charge in [-0.1, -0.05) is 0 Å². The highest BCUT2D eigenvalue weighted by Crippen LogP contribution is 2.39. The van der Waals surface area contributed by atoms with Gasteiger partial charge in [0.2, 0.25) is 0 Å². The number of benzene rings is 1. The molecule has 0 atom stereocenters. The molecule has 100 valence electrons. The maximum Gasteiger partial charge on any atom is 0.417 e. The molecule has 0 radical (unpaired) electrons. The Kier molecular flexibility index (Phi) is 4.13. The van der Waals surface area contributed by atoms with E-state index in [2.05, 4.69) is 0 Å². The van der Waals surface area contributed by atoms with Crippen LogP contribution in [0.1, 0.15) is 5.56 Å². The Morgan fingerprint density at radius 2 is 1.83 bits per heavy atom. The Labute approximate surface area is 117 Å². The summed E-state index contributed by atoms with van der Waals surface area (Å²) in [6, 6.07) is 0.743. The average Bonchev–Trinajstić information content (AvgIpc) is 2.13. The second-order valence-corrected chi connectivity index (χ2v) is 6.61. The molecular weight excluding hydrogens is 413 g/mol. The molecule has 0 saturated heterocycles. The number of non-ortho nitro benzene ring substituents is 1. The molecule has 0 heterocycles. The predicted octanol–water partition coefficient (Wildman–Crippen LogP) is 3.15. The Morgan fingerprint density at radius 3 is 2.17 bits per heavy atom. The topological polar surface area (TPSA) is 77.3 Å². The maximum absolute atomic E-state index is 12.6. The highest BCUT2D eigenvalue weighted by Gasteiger charge is 2.37. The van der Waals surface area contributed by atoms with Crippen LogP contribution in [-0.4, -0.2) is 13.3 Å². The van der Waals surface area contributed by atoms with E-state index in [1.54, 1.807) is 0 Å². The van der Waals surface area contributed by atoms with Gasteiger partial charge in [-0.15, -0.1) is 0 Å². The molecule has 0 aliphatic heterocycles. The molecule has 0 fully saturated rings. The quantitative estimate of drug-likeness (QED) is 0.322. The van der Waals surface area contributed by atoms with Crippen molar-refractivity contribution < 1.29 is 26.5 Å². The number of alkyl halides is 3. The number of nitro benzene ring substituents is 1. The van der Waals surface area contributed by atoms with Crippen LogP contribution in [0.4, 0.5) is 18.9 Å². The highest BCUT2D eigenvalue weighted by atomic mass is 127. The SMILES string of the molecule is O=[N+]([O-])c1cc(C(F)(F)F)c(I)c(S(=O)(=O)Cl)c1. The summed E-state index contributed by atoms with van der Waals surface area (Å²) in [5, 5.41) is 10.5. The molecule has 5 nitrogen and oxygen atoms in total. The van der Waals surface area contributed by atoms with Crippen LogP contribution >= 0.6 is 33.3 Å². The number of nitro groups is 1. The zero-order chi connectivity index (χ0) is 14.3. The minimum Gasteiger partial charge on any atom is -0.258 e. The minimum atomic E-state index is -4.92. The Bertz CT molecular complexity index is 616. The molecule has 0 N–H and O–H groups in total. The Balaban J connectivity index is 3.76. The van der Waals surface area contributed by atoms with Crippen molar-refractivity contribution in [3.05, 3.63) is 31.4 Å². The first-order valence-corrected chi connectivity index (χ1v) is 7.33. The van der Waals surface area contributed by atoms with E-state index < -0.39 is 39.9 Å². The average molecular weight is 416 g/mol. The lowest BCUT2D eigenvalue weighted by Gasteiger charge is -2.11. The Hall–Kier alpha value is -0.620. The summed E-state index contributed by atoms with van der Waals surface area (Å²) in [6.07, 6.45) is -4.92. The number of hydrogen-bond acceptors (Lipinski definition) is 4. The molecule has 18 heavy (non-hydrogen) atoms. The molecule has 0 amide bonds. The van der Waals surface area contributed by atoms with Crippen LogP contribution in [0, 0.1) is 13.7 Å². The third-order valence-electron chi connectivity index (χ3n) is 1.80. The van der Waals surface area contributed by atoms with Crippen molar-refractivity contribution in [3.8, 4) is 0 Å². The summed E-state index contributed by atoms with van der Waals surface area (Å²) in [5.41, 5.74) is -2.42. The van der Waals surface area contributed by atoms with Gasteiger partial charge in [0.15, 0.2) is 0 Å². The van der Waals surface area contributed by atoms with Gasteiger partial charge in [0.25, 0.3) is 14.7 Å². The summed E-state index contributed by atoms with van der Waals surface area (Å²) >= 11 is 1.13. The van der Waals surface area contributed by atoms with Crippen molar-refractivity contribution >= 4 is 48.0 Å². The van der Waals surface area contributed by atoms with Crippen LogP contribution in [0.3, 0.4) is 0 Å². The van der Waals surface area contributed by atoms with Gasteiger partial charge in [-0.05, 0) is 22.6 Å². The molecule has 0 spiro atoms. The van der Waals surface area contributed by atoms with E-state index in [-0.39, 0.29) is 6.07 Å². The fraction of sp³-hybridized carbons (Fsp3) is 0.143. The molecule has 0 bridgehead atoms. The van der Waals surface area contributed by atoms with E-state index in [1.165, 1.54) is 0 Å². The summed E-state index contributed by atoms with van der Waals surface area (Å²) in [6.45, 7) is 0. The number of halogens is 5. The standard InChI is InChI=1S/C7H2ClF3INO4S/c8-18(16,17)5-2-3(13(14)15)1-4(6(5)12)7(9,10)11/h1-2H. The summed E-state index contributed by atoms with van der Waals surface area (Å²) in [4.78, 5) is 8.40. The van der Waals surface area contributed by atoms with Crippen LogP contribution in [0.25, 0.3) is 0 Å². The van der Waals surface area contributed by atoms with Crippen molar-refractivity contribution in [2.24, 2.45) is 0 Å². The summed E-state index contributed by atoms with van der Waals surface area (Å²) in [5.74, 6) is 0. The van der Waals surface area contributed by atoms with Crippen LogP contribution in [0.2, 0.25) is 0 Å². The molecule has 0 unspecified atom stereocenters. The van der Waals surface area contributed by atoms with E-state index in [0.717, 1.165) is 22.6 Å². The zero-order valence-corrected chi connectivity index (χ0v) is 11.8. The molecule has 0 aromatic heterocycles. The molecule has 0 aliphatic carbocycles. The van der Waals surface area contributed by atoms with Crippen LogP contribution in [0.15, 0.2) is 17.0 Å². The lowest BCUT2D eigenvalue weighted by Crippen LogP contribution is -2.11. The van der Waals surface area contributed by atoms with Gasteiger partial charge in [0, 0.05) is 26.4 Å². The number of rotatable bonds is 2. The van der Waals surface area contributed by atoms with Crippen molar-refractivity contribution in [2.75, 3.05) is 0 Å². The Morgan fingerprint density at radius 1 is 1.33 bits per heavy atom. The van der Waals surface area contributed by atoms with E-state index in [4.69, 9.17) is 10.7 Å². The fourth-order valence-corrected chi connectivity index (χ4v) is 3.90. The van der Waals surface area contributed by atoms with Crippen LogP contribution < -0.4 is 0 Å². The lowest BCUT2D eigenvalue weighted by atomic mass is 10.2. The highest BCUT2D eigenvalue weighted by molar-refractivity contribution is 14.1. The number of nitrogens with zero attached hydrogens (tertiary/aromatic N) is 1. The van der Waals surface area contributed by atoms with Crippen molar-refractivity contribution in [3.63, 3.8) is 0 Å². The van der Waals surface area contributed by atoms with Gasteiger partial charge < -0.3 is 0 Å².